The Labute approximate surface area is 169 Å². The molecule has 0 amide bonds. The van der Waals surface area contributed by atoms with Crippen molar-refractivity contribution < 1.29 is 0 Å². The maximum Gasteiger partial charge on any atom is 0.266 e. The van der Waals surface area contributed by atoms with Gasteiger partial charge in [0.15, 0.2) is 5.82 Å². The van der Waals surface area contributed by atoms with Crippen molar-refractivity contribution in [2.45, 2.75) is 33.9 Å². The van der Waals surface area contributed by atoms with Gasteiger partial charge in [0.1, 0.15) is 0 Å². The molecule has 0 unspecified atom stereocenters. The summed E-state index contributed by atoms with van der Waals surface area (Å²) in [7, 11) is 0. The maximum atomic E-state index is 12.3. The molecule has 0 aliphatic carbocycles. The van der Waals surface area contributed by atoms with Gasteiger partial charge in [0.2, 0.25) is 0 Å². The Morgan fingerprint density at radius 1 is 0.966 bits per heavy atom. The molecule has 0 aromatic carbocycles. The van der Waals surface area contributed by atoms with Crippen LogP contribution in [0.15, 0.2) is 29.1 Å². The molecule has 1 saturated heterocycles. The monoisotopic (exact) mass is 396 g/mol. The second-order valence-corrected chi connectivity index (χ2v) is 7.75. The number of nitrogens with zero attached hydrogens (tertiary/aromatic N) is 7. The highest BCUT2D eigenvalue weighted by Crippen LogP contribution is 2.09. The van der Waals surface area contributed by atoms with Crippen LogP contribution in [-0.2, 0) is 13.1 Å². The summed E-state index contributed by atoms with van der Waals surface area (Å²) in [6.07, 6.45) is 0. The lowest BCUT2D eigenvalue weighted by Gasteiger charge is -2.34. The fraction of sp³-hybridized carbons (Fsp3) is 0.500. The molecule has 0 saturated carbocycles. The Kier molecular flexibility index (Phi) is 5.59. The summed E-state index contributed by atoms with van der Waals surface area (Å²) in [6.45, 7) is 12.2. The van der Waals surface area contributed by atoms with Crippen molar-refractivity contribution in [1.29, 1.82) is 0 Å². The predicted octanol–water partition coefficient (Wildman–Crippen LogP) is 0.895. The predicted molar refractivity (Wildman–Crippen MR) is 110 cm³/mol. The van der Waals surface area contributed by atoms with Crippen LogP contribution in [0, 0.1) is 20.8 Å². The molecule has 1 N–H and O–H groups in total. The van der Waals surface area contributed by atoms with Crippen LogP contribution in [0.2, 0.25) is 0 Å². The van der Waals surface area contributed by atoms with Crippen molar-refractivity contribution in [2.75, 3.05) is 32.7 Å². The molecule has 9 nitrogen and oxygen atoms in total. The highest BCUT2D eigenvalue weighted by Gasteiger charge is 2.18. The fourth-order valence-corrected chi connectivity index (χ4v) is 3.76. The first-order chi connectivity index (χ1) is 14.0. The zero-order valence-corrected chi connectivity index (χ0v) is 17.3. The molecule has 0 radical (unpaired) electrons. The standard InChI is InChI=1S/C20H28N8O/c1-15-13-18(22-21-15)14-26-8-6-25(7-9-26)10-11-27-20(29)5-4-19(24-27)28-17(3)12-16(2)23-28/h4-5,12-13H,6-11,14H2,1-3H3,(H,21,22). The summed E-state index contributed by atoms with van der Waals surface area (Å²) < 4.78 is 3.32. The minimum atomic E-state index is -0.0807. The van der Waals surface area contributed by atoms with Crippen molar-refractivity contribution in [3.8, 4) is 5.82 Å². The first-order valence-electron chi connectivity index (χ1n) is 10.1. The van der Waals surface area contributed by atoms with Gasteiger partial charge in [0.05, 0.1) is 17.9 Å². The Morgan fingerprint density at radius 3 is 2.38 bits per heavy atom. The summed E-state index contributed by atoms with van der Waals surface area (Å²) in [4.78, 5) is 17.1. The van der Waals surface area contributed by atoms with Gasteiger partial charge >= 0.3 is 0 Å². The van der Waals surface area contributed by atoms with Crippen LogP contribution in [0.5, 0.6) is 0 Å². The number of hydrogen-bond acceptors (Lipinski definition) is 6. The minimum absolute atomic E-state index is 0.0807. The first kappa shape index (κ1) is 19.5. The van der Waals surface area contributed by atoms with Crippen LogP contribution in [-0.4, -0.2) is 72.3 Å². The SMILES string of the molecule is Cc1cc(C)n(-c2ccc(=O)n(CCN3CCN(Cc4cc(C)[nH]n4)CC3)n2)n1. The van der Waals surface area contributed by atoms with Crippen LogP contribution in [0.4, 0.5) is 0 Å². The van der Waals surface area contributed by atoms with E-state index in [1.54, 1.807) is 21.5 Å². The van der Waals surface area contributed by atoms with E-state index >= 15 is 0 Å². The van der Waals surface area contributed by atoms with Crippen LogP contribution in [0.25, 0.3) is 5.82 Å². The van der Waals surface area contributed by atoms with E-state index in [1.165, 1.54) is 0 Å². The van der Waals surface area contributed by atoms with Crippen LogP contribution >= 0.6 is 0 Å². The number of hydrogen-bond donors (Lipinski definition) is 1. The van der Waals surface area contributed by atoms with Crippen molar-refractivity contribution in [2.24, 2.45) is 0 Å². The molecule has 3 aromatic heterocycles. The molecule has 9 heteroatoms. The topological polar surface area (TPSA) is 87.9 Å². The van der Waals surface area contributed by atoms with Crippen molar-refractivity contribution in [3.63, 3.8) is 0 Å². The van der Waals surface area contributed by atoms with E-state index < -0.39 is 0 Å². The molecular weight excluding hydrogens is 368 g/mol. The van der Waals surface area contributed by atoms with Gasteiger partial charge in [-0.15, -0.1) is 5.10 Å². The summed E-state index contributed by atoms with van der Waals surface area (Å²) in [5, 5.41) is 16.3. The van der Waals surface area contributed by atoms with E-state index in [-0.39, 0.29) is 5.56 Å². The Balaban J connectivity index is 1.33. The molecule has 1 aliphatic heterocycles. The van der Waals surface area contributed by atoms with Gasteiger partial charge in [-0.3, -0.25) is 19.7 Å². The molecular formula is C20H28N8O. The number of rotatable bonds is 6. The summed E-state index contributed by atoms with van der Waals surface area (Å²) in [5.74, 6) is 0.675. The first-order valence-corrected chi connectivity index (χ1v) is 10.1. The number of aryl methyl sites for hydroxylation is 3. The average Bonchev–Trinajstić information content (AvgIpc) is 3.26. The molecule has 3 aromatic rings. The number of aromatic amines is 1. The van der Waals surface area contributed by atoms with E-state index in [9.17, 15) is 4.79 Å². The van der Waals surface area contributed by atoms with E-state index in [4.69, 9.17) is 0 Å². The van der Waals surface area contributed by atoms with Crippen LogP contribution < -0.4 is 5.56 Å². The Morgan fingerprint density at radius 2 is 1.72 bits per heavy atom. The zero-order valence-electron chi connectivity index (χ0n) is 17.3. The lowest BCUT2D eigenvalue weighted by Crippen LogP contribution is -2.47. The quantitative estimate of drug-likeness (QED) is 0.666. The molecule has 4 heterocycles. The normalized spacial score (nSPS) is 15.8. The second-order valence-electron chi connectivity index (χ2n) is 7.75. The molecule has 29 heavy (non-hydrogen) atoms. The smallest absolute Gasteiger partial charge is 0.266 e. The summed E-state index contributed by atoms with van der Waals surface area (Å²) in [5.41, 5.74) is 4.04. The highest BCUT2D eigenvalue weighted by atomic mass is 16.1. The number of piperazine rings is 1. The molecule has 1 fully saturated rings. The van der Waals surface area contributed by atoms with Crippen molar-refractivity contribution in [3.05, 3.63) is 57.4 Å². The van der Waals surface area contributed by atoms with E-state index in [0.29, 0.717) is 12.4 Å². The van der Waals surface area contributed by atoms with Crippen LogP contribution in [0.1, 0.15) is 22.8 Å². The number of aromatic nitrogens is 6. The van der Waals surface area contributed by atoms with Crippen molar-refractivity contribution in [1.82, 2.24) is 39.6 Å². The lowest BCUT2D eigenvalue weighted by molar-refractivity contribution is 0.121. The maximum absolute atomic E-state index is 12.3. The van der Waals surface area contributed by atoms with Crippen LogP contribution in [0.3, 0.4) is 0 Å². The van der Waals surface area contributed by atoms with Gasteiger partial charge in [-0.1, -0.05) is 0 Å². The van der Waals surface area contributed by atoms with Gasteiger partial charge in [-0.2, -0.15) is 10.2 Å². The summed E-state index contributed by atoms with van der Waals surface area (Å²) >= 11 is 0. The third kappa shape index (κ3) is 4.63. The molecule has 0 atom stereocenters. The largest absolute Gasteiger partial charge is 0.299 e. The minimum Gasteiger partial charge on any atom is -0.299 e. The number of nitrogens with one attached hydrogen (secondary N) is 1. The van der Waals surface area contributed by atoms with E-state index in [0.717, 1.165) is 62.0 Å². The molecule has 0 bridgehead atoms. The van der Waals surface area contributed by atoms with Gasteiger partial charge in [0, 0.05) is 56.7 Å². The molecule has 0 spiro atoms. The van der Waals surface area contributed by atoms with Gasteiger partial charge < -0.3 is 0 Å². The fourth-order valence-electron chi connectivity index (χ4n) is 3.76. The summed E-state index contributed by atoms with van der Waals surface area (Å²) in [6, 6.07) is 7.40. The van der Waals surface area contributed by atoms with Gasteiger partial charge in [0.25, 0.3) is 5.56 Å². The third-order valence-electron chi connectivity index (χ3n) is 5.32. The van der Waals surface area contributed by atoms with E-state index in [2.05, 4.69) is 36.3 Å². The Hall–Kier alpha value is -2.78. The van der Waals surface area contributed by atoms with Gasteiger partial charge in [-0.05, 0) is 39.0 Å². The highest BCUT2D eigenvalue weighted by molar-refractivity contribution is 5.23. The number of H-pyrrole nitrogens is 1. The van der Waals surface area contributed by atoms with Crippen molar-refractivity contribution >= 4 is 0 Å². The molecule has 154 valence electrons. The zero-order chi connectivity index (χ0) is 20.4. The average molecular weight is 396 g/mol. The Bertz CT molecular complexity index is 1030. The van der Waals surface area contributed by atoms with E-state index in [1.807, 2.05) is 26.8 Å². The van der Waals surface area contributed by atoms with Gasteiger partial charge in [-0.25, -0.2) is 9.36 Å². The third-order valence-corrected chi connectivity index (χ3v) is 5.32. The molecule has 1 aliphatic rings. The lowest BCUT2D eigenvalue weighted by atomic mass is 10.3. The molecule has 4 rings (SSSR count). The second kappa shape index (κ2) is 8.30.